The number of benzene rings is 2. The maximum Gasteiger partial charge on any atom is 0.124 e. The molecule has 0 fully saturated rings. The highest BCUT2D eigenvalue weighted by atomic mass is 35.5. The third-order valence-electron chi connectivity index (χ3n) is 3.48. The number of para-hydroxylation sites is 1. The second kappa shape index (κ2) is 9.78. The first-order valence-corrected chi connectivity index (χ1v) is 8.43. The van der Waals surface area contributed by atoms with E-state index in [0.717, 1.165) is 42.8 Å². The molecular weight excluding hydrogens is 333 g/mol. The van der Waals surface area contributed by atoms with E-state index in [-0.39, 0.29) is 6.61 Å². The summed E-state index contributed by atoms with van der Waals surface area (Å²) in [4.78, 5) is 0. The Morgan fingerprint density at radius 3 is 2.43 bits per heavy atom. The number of aliphatic hydroxyl groups excluding tert-OH is 1. The van der Waals surface area contributed by atoms with E-state index in [0.29, 0.717) is 16.7 Å². The summed E-state index contributed by atoms with van der Waals surface area (Å²) < 4.78 is 5.91. The fourth-order valence-electron chi connectivity index (χ4n) is 2.20. The van der Waals surface area contributed by atoms with Crippen molar-refractivity contribution >= 4 is 23.2 Å². The van der Waals surface area contributed by atoms with Gasteiger partial charge in [-0.3, -0.25) is 0 Å². The van der Waals surface area contributed by atoms with Crippen LogP contribution in [-0.4, -0.2) is 18.3 Å². The van der Waals surface area contributed by atoms with Gasteiger partial charge in [0.15, 0.2) is 0 Å². The largest absolute Gasteiger partial charge is 0.488 e. The molecule has 0 bridgehead atoms. The van der Waals surface area contributed by atoms with Crippen LogP contribution in [0, 0.1) is 0 Å². The summed E-state index contributed by atoms with van der Waals surface area (Å²) in [6, 6.07) is 13.3. The van der Waals surface area contributed by atoms with Crippen LogP contribution in [0.1, 0.15) is 24.0 Å². The molecule has 2 rings (SSSR count). The van der Waals surface area contributed by atoms with Crippen LogP contribution in [0.2, 0.25) is 10.0 Å². The molecule has 3 nitrogen and oxygen atoms in total. The van der Waals surface area contributed by atoms with Crippen molar-refractivity contribution in [3.05, 3.63) is 63.6 Å². The SMILES string of the molecule is OCCCCNCc1ccccc1OCc1c(Cl)cccc1Cl. The van der Waals surface area contributed by atoms with Crippen molar-refractivity contribution in [1.29, 1.82) is 0 Å². The monoisotopic (exact) mass is 353 g/mol. The Morgan fingerprint density at radius 2 is 1.70 bits per heavy atom. The normalized spacial score (nSPS) is 10.7. The Morgan fingerprint density at radius 1 is 0.957 bits per heavy atom. The zero-order chi connectivity index (χ0) is 16.5. The molecule has 0 spiro atoms. The minimum absolute atomic E-state index is 0.236. The lowest BCUT2D eigenvalue weighted by Crippen LogP contribution is -2.15. The summed E-state index contributed by atoms with van der Waals surface area (Å²) in [6.07, 6.45) is 1.77. The number of halogens is 2. The molecule has 2 N–H and O–H groups in total. The van der Waals surface area contributed by atoms with Crippen molar-refractivity contribution in [2.75, 3.05) is 13.2 Å². The van der Waals surface area contributed by atoms with E-state index < -0.39 is 0 Å². The molecule has 0 heterocycles. The Labute approximate surface area is 147 Å². The molecule has 0 atom stereocenters. The summed E-state index contributed by atoms with van der Waals surface area (Å²) in [5.41, 5.74) is 1.88. The fourth-order valence-corrected chi connectivity index (χ4v) is 2.70. The van der Waals surface area contributed by atoms with Crippen LogP contribution in [-0.2, 0) is 13.2 Å². The predicted molar refractivity (Wildman–Crippen MR) is 95.3 cm³/mol. The van der Waals surface area contributed by atoms with Gasteiger partial charge in [0.05, 0.1) is 0 Å². The van der Waals surface area contributed by atoms with Gasteiger partial charge in [-0.2, -0.15) is 0 Å². The van der Waals surface area contributed by atoms with Crippen LogP contribution >= 0.6 is 23.2 Å². The predicted octanol–water partition coefficient (Wildman–Crippen LogP) is 4.43. The quantitative estimate of drug-likeness (QED) is 0.655. The summed E-state index contributed by atoms with van der Waals surface area (Å²) in [7, 11) is 0. The standard InChI is InChI=1S/C18H21Cl2NO2/c19-16-7-5-8-17(20)15(16)13-23-18-9-2-1-6-14(18)12-21-10-3-4-11-22/h1-2,5-9,21-22H,3-4,10-13H2. The van der Waals surface area contributed by atoms with Gasteiger partial charge in [0.1, 0.15) is 12.4 Å². The number of nitrogens with one attached hydrogen (secondary N) is 1. The second-order valence-electron chi connectivity index (χ2n) is 5.20. The van der Waals surface area contributed by atoms with Gasteiger partial charge in [-0.15, -0.1) is 0 Å². The Balaban J connectivity index is 1.95. The zero-order valence-corrected chi connectivity index (χ0v) is 14.4. The molecule has 23 heavy (non-hydrogen) atoms. The molecule has 0 aliphatic rings. The van der Waals surface area contributed by atoms with Crippen LogP contribution < -0.4 is 10.1 Å². The maximum atomic E-state index is 8.78. The molecule has 0 aromatic heterocycles. The number of ether oxygens (including phenoxy) is 1. The minimum atomic E-state index is 0.236. The molecule has 124 valence electrons. The van der Waals surface area contributed by atoms with Gasteiger partial charge < -0.3 is 15.2 Å². The van der Waals surface area contributed by atoms with Gasteiger partial charge in [0, 0.05) is 34.3 Å². The van der Waals surface area contributed by atoms with Crippen molar-refractivity contribution in [3.63, 3.8) is 0 Å². The van der Waals surface area contributed by atoms with Gasteiger partial charge in [-0.25, -0.2) is 0 Å². The highest BCUT2D eigenvalue weighted by Crippen LogP contribution is 2.27. The van der Waals surface area contributed by atoms with E-state index in [1.807, 2.05) is 30.3 Å². The first kappa shape index (κ1) is 18.1. The lowest BCUT2D eigenvalue weighted by molar-refractivity contribution is 0.283. The molecule has 2 aromatic carbocycles. The van der Waals surface area contributed by atoms with Crippen LogP contribution in [0.5, 0.6) is 5.75 Å². The van der Waals surface area contributed by atoms with Crippen molar-refractivity contribution in [2.24, 2.45) is 0 Å². The minimum Gasteiger partial charge on any atom is -0.488 e. The summed E-state index contributed by atoms with van der Waals surface area (Å²) in [6.45, 7) is 2.16. The van der Waals surface area contributed by atoms with Crippen LogP contribution in [0.4, 0.5) is 0 Å². The van der Waals surface area contributed by atoms with Gasteiger partial charge in [-0.05, 0) is 37.6 Å². The fraction of sp³-hybridized carbons (Fsp3) is 0.333. The van der Waals surface area contributed by atoms with Crippen LogP contribution in [0.15, 0.2) is 42.5 Å². The van der Waals surface area contributed by atoms with E-state index in [1.165, 1.54) is 0 Å². The summed E-state index contributed by atoms with van der Waals surface area (Å²) in [5, 5.41) is 13.4. The van der Waals surface area contributed by atoms with E-state index in [1.54, 1.807) is 12.1 Å². The summed E-state index contributed by atoms with van der Waals surface area (Å²) >= 11 is 12.3. The Bertz CT molecular complexity index is 599. The molecule has 0 unspecified atom stereocenters. The topological polar surface area (TPSA) is 41.5 Å². The molecule has 2 aromatic rings. The lowest BCUT2D eigenvalue weighted by atomic mass is 10.2. The third-order valence-corrected chi connectivity index (χ3v) is 4.19. The lowest BCUT2D eigenvalue weighted by Gasteiger charge is -2.13. The highest BCUT2D eigenvalue weighted by Gasteiger charge is 2.08. The number of rotatable bonds is 9. The van der Waals surface area contributed by atoms with Gasteiger partial charge in [-0.1, -0.05) is 47.5 Å². The smallest absolute Gasteiger partial charge is 0.124 e. The summed E-state index contributed by atoms with van der Waals surface area (Å²) in [5.74, 6) is 0.818. The number of aliphatic hydroxyl groups is 1. The molecule has 0 saturated heterocycles. The highest BCUT2D eigenvalue weighted by molar-refractivity contribution is 6.35. The van der Waals surface area contributed by atoms with E-state index in [9.17, 15) is 0 Å². The van der Waals surface area contributed by atoms with E-state index in [2.05, 4.69) is 5.32 Å². The first-order chi connectivity index (χ1) is 11.2. The molecule has 0 radical (unpaired) electrons. The molecule has 0 saturated carbocycles. The molecule has 0 aliphatic carbocycles. The van der Waals surface area contributed by atoms with Crippen molar-refractivity contribution in [1.82, 2.24) is 5.32 Å². The van der Waals surface area contributed by atoms with Crippen molar-refractivity contribution in [3.8, 4) is 5.75 Å². The number of hydrogen-bond donors (Lipinski definition) is 2. The average molecular weight is 354 g/mol. The van der Waals surface area contributed by atoms with E-state index >= 15 is 0 Å². The third kappa shape index (κ3) is 5.70. The average Bonchev–Trinajstić information content (AvgIpc) is 2.55. The van der Waals surface area contributed by atoms with Gasteiger partial charge in [0.25, 0.3) is 0 Å². The molecular formula is C18H21Cl2NO2. The Kier molecular flexibility index (Phi) is 7.69. The Hall–Kier alpha value is -1.26. The zero-order valence-electron chi connectivity index (χ0n) is 12.9. The van der Waals surface area contributed by atoms with Crippen LogP contribution in [0.3, 0.4) is 0 Å². The number of unbranched alkanes of at least 4 members (excludes halogenated alkanes) is 1. The molecule has 0 amide bonds. The number of hydrogen-bond acceptors (Lipinski definition) is 3. The van der Waals surface area contributed by atoms with Crippen LogP contribution in [0.25, 0.3) is 0 Å². The maximum absolute atomic E-state index is 8.78. The van der Waals surface area contributed by atoms with Crippen molar-refractivity contribution in [2.45, 2.75) is 26.0 Å². The van der Waals surface area contributed by atoms with Gasteiger partial charge >= 0.3 is 0 Å². The van der Waals surface area contributed by atoms with E-state index in [4.69, 9.17) is 33.0 Å². The molecule has 5 heteroatoms. The first-order valence-electron chi connectivity index (χ1n) is 7.67. The second-order valence-corrected chi connectivity index (χ2v) is 6.02. The van der Waals surface area contributed by atoms with Gasteiger partial charge in [0.2, 0.25) is 0 Å². The van der Waals surface area contributed by atoms with Crippen molar-refractivity contribution < 1.29 is 9.84 Å². The molecule has 0 aliphatic heterocycles.